The van der Waals surface area contributed by atoms with Crippen molar-refractivity contribution < 1.29 is 9.90 Å². The Bertz CT molecular complexity index is 1030. The van der Waals surface area contributed by atoms with E-state index in [1.165, 1.54) is 5.56 Å². The van der Waals surface area contributed by atoms with E-state index in [0.717, 1.165) is 50.9 Å². The third-order valence-electron chi connectivity index (χ3n) is 7.78. The predicted octanol–water partition coefficient (Wildman–Crippen LogP) is 6.17. The van der Waals surface area contributed by atoms with Crippen molar-refractivity contribution >= 4 is 29.1 Å². The number of hydrogen-bond acceptors (Lipinski definition) is 3. The van der Waals surface area contributed by atoms with Crippen molar-refractivity contribution in [3.8, 4) is 5.75 Å². The van der Waals surface area contributed by atoms with Crippen molar-refractivity contribution in [2.45, 2.75) is 57.4 Å². The normalized spacial score (nSPS) is 25.2. The standard InChI is InChI=1S/C28H36Cl2N2O2/c1-19(2)17-32(27(34)14-20-7-10-25(29)26(30)13-20)23-9-8-22-18-31(3)12-11-28(22,16-23)21-5-4-6-24(33)15-21/h4-7,10,13,15,19,22-23,33H,8-9,11-12,14,16-18H2,1-3H3/t22-,23+,28+/m1/s1. The average molecular weight is 504 g/mol. The molecule has 1 heterocycles. The summed E-state index contributed by atoms with van der Waals surface area (Å²) < 4.78 is 0. The Morgan fingerprint density at radius 1 is 1.18 bits per heavy atom. The lowest BCUT2D eigenvalue weighted by molar-refractivity contribution is -0.135. The third kappa shape index (κ3) is 5.40. The molecule has 1 N–H and O–H groups in total. The molecule has 1 saturated carbocycles. The van der Waals surface area contributed by atoms with E-state index in [4.69, 9.17) is 23.2 Å². The van der Waals surface area contributed by atoms with Gasteiger partial charge in [0, 0.05) is 24.5 Å². The minimum atomic E-state index is -0.0206. The maximum atomic E-state index is 13.7. The number of carbonyl (C=O) groups is 1. The fourth-order valence-corrected chi connectivity index (χ4v) is 6.46. The molecule has 34 heavy (non-hydrogen) atoms. The fraction of sp³-hybridized carbons (Fsp3) is 0.536. The number of phenols is 1. The van der Waals surface area contributed by atoms with Gasteiger partial charge in [0.25, 0.3) is 0 Å². The first kappa shape index (κ1) is 25.3. The predicted molar refractivity (Wildman–Crippen MR) is 140 cm³/mol. The number of nitrogens with zero attached hydrogens (tertiary/aromatic N) is 2. The summed E-state index contributed by atoms with van der Waals surface area (Å²) in [6, 6.07) is 13.5. The summed E-state index contributed by atoms with van der Waals surface area (Å²) in [5, 5.41) is 11.3. The maximum absolute atomic E-state index is 13.7. The van der Waals surface area contributed by atoms with Gasteiger partial charge < -0.3 is 14.9 Å². The van der Waals surface area contributed by atoms with E-state index in [0.29, 0.717) is 34.1 Å². The number of benzene rings is 2. The maximum Gasteiger partial charge on any atom is 0.227 e. The largest absolute Gasteiger partial charge is 0.508 e. The Morgan fingerprint density at radius 2 is 1.97 bits per heavy atom. The zero-order chi connectivity index (χ0) is 24.5. The Kier molecular flexibility index (Phi) is 7.81. The monoisotopic (exact) mass is 502 g/mol. The molecule has 184 valence electrons. The summed E-state index contributed by atoms with van der Waals surface area (Å²) in [5.74, 6) is 1.37. The van der Waals surface area contributed by atoms with Crippen molar-refractivity contribution in [3.05, 3.63) is 63.6 Å². The minimum absolute atomic E-state index is 0.0206. The van der Waals surface area contributed by atoms with Crippen LogP contribution >= 0.6 is 23.2 Å². The lowest BCUT2D eigenvalue weighted by Gasteiger charge is -2.54. The summed E-state index contributed by atoms with van der Waals surface area (Å²) >= 11 is 12.3. The van der Waals surface area contributed by atoms with Gasteiger partial charge in [-0.05, 0) is 86.5 Å². The topological polar surface area (TPSA) is 43.8 Å². The molecule has 4 rings (SSSR count). The van der Waals surface area contributed by atoms with Crippen molar-refractivity contribution in [1.29, 1.82) is 0 Å². The van der Waals surface area contributed by atoms with Gasteiger partial charge in [-0.25, -0.2) is 0 Å². The molecule has 6 heteroatoms. The number of aromatic hydroxyl groups is 1. The van der Waals surface area contributed by atoms with E-state index in [-0.39, 0.29) is 17.4 Å². The van der Waals surface area contributed by atoms with E-state index < -0.39 is 0 Å². The van der Waals surface area contributed by atoms with Crippen LogP contribution in [0.25, 0.3) is 0 Å². The van der Waals surface area contributed by atoms with Crippen molar-refractivity contribution in [1.82, 2.24) is 9.80 Å². The summed E-state index contributed by atoms with van der Waals surface area (Å²) in [7, 11) is 2.20. The zero-order valence-electron chi connectivity index (χ0n) is 20.4. The second-order valence-corrected chi connectivity index (χ2v) is 11.5. The molecular weight excluding hydrogens is 467 g/mol. The lowest BCUT2D eigenvalue weighted by Crippen LogP contribution is -2.56. The molecular formula is C28H36Cl2N2O2. The van der Waals surface area contributed by atoms with Crippen LogP contribution in [0.15, 0.2) is 42.5 Å². The van der Waals surface area contributed by atoms with Crippen LogP contribution in [0, 0.1) is 11.8 Å². The van der Waals surface area contributed by atoms with Gasteiger partial charge in [-0.2, -0.15) is 0 Å². The molecule has 4 nitrogen and oxygen atoms in total. The van der Waals surface area contributed by atoms with Gasteiger partial charge in [0.2, 0.25) is 5.91 Å². The van der Waals surface area contributed by atoms with Gasteiger partial charge in [0.05, 0.1) is 16.5 Å². The number of likely N-dealkylation sites (tertiary alicyclic amines) is 1. The quantitative estimate of drug-likeness (QED) is 0.513. The first-order valence-corrected chi connectivity index (χ1v) is 13.1. The van der Waals surface area contributed by atoms with Gasteiger partial charge in [-0.3, -0.25) is 4.79 Å². The van der Waals surface area contributed by atoms with Crippen LogP contribution in [0.2, 0.25) is 10.0 Å². The van der Waals surface area contributed by atoms with Crippen LogP contribution in [0.5, 0.6) is 5.75 Å². The highest BCUT2D eigenvalue weighted by Gasteiger charge is 2.49. The van der Waals surface area contributed by atoms with Crippen molar-refractivity contribution in [2.24, 2.45) is 11.8 Å². The Hall–Kier alpha value is -1.75. The lowest BCUT2D eigenvalue weighted by atomic mass is 9.57. The molecule has 0 bridgehead atoms. The number of phenolic OH excluding ortho intramolecular Hbond substituents is 1. The third-order valence-corrected chi connectivity index (χ3v) is 8.52. The van der Waals surface area contributed by atoms with Crippen molar-refractivity contribution in [3.63, 3.8) is 0 Å². The number of carbonyl (C=O) groups excluding carboxylic acids is 1. The number of rotatable bonds is 6. The molecule has 2 aliphatic rings. The molecule has 1 saturated heterocycles. The molecule has 0 aromatic heterocycles. The SMILES string of the molecule is CC(C)CN(C(=O)Cc1ccc(Cl)c(Cl)c1)[C@H]1CC[C@@H]2CN(C)CC[C@@]2(c2cccc(O)c2)C1. The van der Waals surface area contributed by atoms with Crippen LogP contribution in [-0.2, 0) is 16.6 Å². The van der Waals surface area contributed by atoms with Crippen LogP contribution < -0.4 is 0 Å². The minimum Gasteiger partial charge on any atom is -0.508 e. The Balaban J connectivity index is 1.63. The van der Waals surface area contributed by atoms with E-state index in [9.17, 15) is 9.90 Å². The first-order chi connectivity index (χ1) is 16.2. The Morgan fingerprint density at radius 3 is 2.68 bits per heavy atom. The summed E-state index contributed by atoms with van der Waals surface area (Å²) in [6.45, 7) is 7.17. The molecule has 2 fully saturated rings. The fourth-order valence-electron chi connectivity index (χ4n) is 6.14. The van der Waals surface area contributed by atoms with E-state index >= 15 is 0 Å². The Labute approximate surface area is 213 Å². The molecule has 2 aromatic carbocycles. The number of piperidine rings is 1. The van der Waals surface area contributed by atoms with Gasteiger partial charge in [-0.1, -0.05) is 55.2 Å². The molecule has 1 amide bonds. The highest BCUT2D eigenvalue weighted by atomic mass is 35.5. The summed E-state index contributed by atoms with van der Waals surface area (Å²) in [4.78, 5) is 18.2. The van der Waals surface area contributed by atoms with Gasteiger partial charge >= 0.3 is 0 Å². The summed E-state index contributed by atoms with van der Waals surface area (Å²) in [6.07, 6.45) is 4.41. The second-order valence-electron chi connectivity index (χ2n) is 10.7. The highest BCUT2D eigenvalue weighted by Crippen LogP contribution is 2.50. The number of hydrogen-bond donors (Lipinski definition) is 1. The number of halogens is 2. The van der Waals surface area contributed by atoms with Crippen LogP contribution in [0.1, 0.15) is 50.7 Å². The molecule has 3 atom stereocenters. The van der Waals surface area contributed by atoms with Gasteiger partial charge in [-0.15, -0.1) is 0 Å². The van der Waals surface area contributed by atoms with E-state index in [1.54, 1.807) is 18.2 Å². The molecule has 1 aliphatic carbocycles. The summed E-state index contributed by atoms with van der Waals surface area (Å²) in [5.41, 5.74) is 2.09. The molecule has 0 unspecified atom stereocenters. The number of fused-ring (bicyclic) bond motifs is 1. The second kappa shape index (κ2) is 10.5. The molecule has 1 aliphatic heterocycles. The molecule has 0 spiro atoms. The number of amides is 1. The van der Waals surface area contributed by atoms with Gasteiger partial charge in [0.1, 0.15) is 5.75 Å². The van der Waals surface area contributed by atoms with Crippen LogP contribution in [-0.4, -0.2) is 53.5 Å². The van der Waals surface area contributed by atoms with E-state index in [1.807, 2.05) is 18.2 Å². The van der Waals surface area contributed by atoms with Crippen molar-refractivity contribution in [2.75, 3.05) is 26.7 Å². The first-order valence-electron chi connectivity index (χ1n) is 12.4. The van der Waals surface area contributed by atoms with Crippen LogP contribution in [0.3, 0.4) is 0 Å². The van der Waals surface area contributed by atoms with Crippen LogP contribution in [0.4, 0.5) is 0 Å². The smallest absolute Gasteiger partial charge is 0.227 e. The zero-order valence-corrected chi connectivity index (χ0v) is 21.9. The molecule has 0 radical (unpaired) electrons. The average Bonchev–Trinajstić information content (AvgIpc) is 2.79. The highest BCUT2D eigenvalue weighted by molar-refractivity contribution is 6.42. The van der Waals surface area contributed by atoms with E-state index in [2.05, 4.69) is 36.8 Å². The molecule has 2 aromatic rings. The van der Waals surface area contributed by atoms with Gasteiger partial charge in [0.15, 0.2) is 0 Å².